The zero-order valence-corrected chi connectivity index (χ0v) is 11.3. The second-order valence-corrected chi connectivity index (χ2v) is 5.66. The van der Waals surface area contributed by atoms with Crippen molar-refractivity contribution in [3.05, 3.63) is 30.1 Å². The summed E-state index contributed by atoms with van der Waals surface area (Å²) in [6.45, 7) is 4.15. The summed E-state index contributed by atoms with van der Waals surface area (Å²) < 4.78 is 12.9. The van der Waals surface area contributed by atoms with Crippen molar-refractivity contribution in [1.82, 2.24) is 4.90 Å². The third-order valence-electron chi connectivity index (χ3n) is 4.51. The van der Waals surface area contributed by atoms with Crippen LogP contribution in [0.25, 0.3) is 0 Å². The van der Waals surface area contributed by atoms with Crippen molar-refractivity contribution < 1.29 is 4.39 Å². The van der Waals surface area contributed by atoms with Crippen LogP contribution in [0.4, 0.5) is 10.1 Å². The van der Waals surface area contributed by atoms with Gasteiger partial charge >= 0.3 is 0 Å². The molecule has 0 spiro atoms. The standard InChI is InChI=1S/C15H22FN3/c16-12-4-6-13(7-5-12)18-8-10-19(11-9-18)15-3-1-2-14(15)17/h4-7,14-15H,1-3,8-11,17H2. The molecule has 0 aromatic heterocycles. The maximum absolute atomic E-state index is 12.9. The van der Waals surface area contributed by atoms with E-state index >= 15 is 0 Å². The molecule has 104 valence electrons. The van der Waals surface area contributed by atoms with Gasteiger partial charge in [0.15, 0.2) is 0 Å². The van der Waals surface area contributed by atoms with Gasteiger partial charge in [0.2, 0.25) is 0 Å². The van der Waals surface area contributed by atoms with Gasteiger partial charge in [0.25, 0.3) is 0 Å². The molecule has 0 radical (unpaired) electrons. The summed E-state index contributed by atoms with van der Waals surface area (Å²) in [6.07, 6.45) is 3.69. The molecule has 1 aromatic carbocycles. The Balaban J connectivity index is 1.58. The van der Waals surface area contributed by atoms with E-state index in [1.165, 1.54) is 31.4 Å². The second kappa shape index (κ2) is 5.47. The van der Waals surface area contributed by atoms with Crippen LogP contribution in [-0.2, 0) is 0 Å². The molecular weight excluding hydrogens is 241 g/mol. The molecule has 2 aliphatic rings. The van der Waals surface area contributed by atoms with E-state index in [-0.39, 0.29) is 5.82 Å². The van der Waals surface area contributed by atoms with E-state index in [2.05, 4.69) is 9.80 Å². The molecule has 1 saturated carbocycles. The predicted molar refractivity (Wildman–Crippen MR) is 75.8 cm³/mol. The van der Waals surface area contributed by atoms with E-state index in [1.54, 1.807) is 0 Å². The molecule has 2 atom stereocenters. The molecule has 1 aromatic rings. The highest BCUT2D eigenvalue weighted by atomic mass is 19.1. The molecule has 3 nitrogen and oxygen atoms in total. The summed E-state index contributed by atoms with van der Waals surface area (Å²) >= 11 is 0. The van der Waals surface area contributed by atoms with Crippen LogP contribution in [0.2, 0.25) is 0 Å². The normalized spacial score (nSPS) is 28.8. The molecule has 2 N–H and O–H groups in total. The minimum atomic E-state index is -0.167. The Labute approximate surface area is 114 Å². The number of piperazine rings is 1. The number of nitrogens with two attached hydrogens (primary N) is 1. The SMILES string of the molecule is NC1CCCC1N1CCN(c2ccc(F)cc2)CC1. The Bertz CT molecular complexity index is 412. The number of halogens is 1. The zero-order valence-electron chi connectivity index (χ0n) is 11.3. The fraction of sp³-hybridized carbons (Fsp3) is 0.600. The molecule has 0 amide bonds. The van der Waals surface area contributed by atoms with Gasteiger partial charge in [-0.05, 0) is 37.1 Å². The van der Waals surface area contributed by atoms with Crippen LogP contribution in [0.1, 0.15) is 19.3 Å². The summed E-state index contributed by atoms with van der Waals surface area (Å²) in [5.41, 5.74) is 7.30. The van der Waals surface area contributed by atoms with E-state index in [9.17, 15) is 4.39 Å². The van der Waals surface area contributed by atoms with Crippen molar-refractivity contribution in [2.24, 2.45) is 5.73 Å². The molecule has 1 saturated heterocycles. The Morgan fingerprint density at radius 1 is 1.00 bits per heavy atom. The lowest BCUT2D eigenvalue weighted by Gasteiger charge is -2.40. The van der Waals surface area contributed by atoms with Gasteiger partial charge in [-0.15, -0.1) is 0 Å². The molecule has 2 fully saturated rings. The van der Waals surface area contributed by atoms with Gasteiger partial charge in [-0.2, -0.15) is 0 Å². The van der Waals surface area contributed by atoms with E-state index in [0.29, 0.717) is 12.1 Å². The van der Waals surface area contributed by atoms with Crippen LogP contribution in [0, 0.1) is 5.82 Å². The third kappa shape index (κ3) is 2.74. The van der Waals surface area contributed by atoms with Crippen LogP contribution in [0.15, 0.2) is 24.3 Å². The fourth-order valence-corrected chi connectivity index (χ4v) is 3.39. The highest BCUT2D eigenvalue weighted by Crippen LogP contribution is 2.25. The average molecular weight is 263 g/mol. The van der Waals surface area contributed by atoms with Gasteiger partial charge in [0, 0.05) is 44.0 Å². The molecule has 4 heteroatoms. The summed E-state index contributed by atoms with van der Waals surface area (Å²) in [4.78, 5) is 4.87. The monoisotopic (exact) mass is 263 g/mol. The van der Waals surface area contributed by atoms with Gasteiger partial charge in [0.1, 0.15) is 5.82 Å². The van der Waals surface area contributed by atoms with Crippen LogP contribution in [0.3, 0.4) is 0 Å². The minimum absolute atomic E-state index is 0.167. The summed E-state index contributed by atoms with van der Waals surface area (Å²) in [5, 5.41) is 0. The van der Waals surface area contributed by atoms with E-state index in [4.69, 9.17) is 5.73 Å². The lowest BCUT2D eigenvalue weighted by molar-refractivity contribution is 0.175. The molecule has 19 heavy (non-hydrogen) atoms. The average Bonchev–Trinajstić information content (AvgIpc) is 2.86. The van der Waals surface area contributed by atoms with Crippen LogP contribution in [-0.4, -0.2) is 43.2 Å². The molecule has 0 bridgehead atoms. The Hall–Kier alpha value is -1.13. The van der Waals surface area contributed by atoms with E-state index in [0.717, 1.165) is 31.9 Å². The fourth-order valence-electron chi connectivity index (χ4n) is 3.39. The Kier molecular flexibility index (Phi) is 3.71. The lowest BCUT2D eigenvalue weighted by Crippen LogP contribution is -2.53. The largest absolute Gasteiger partial charge is 0.369 e. The molecular formula is C15H22FN3. The van der Waals surface area contributed by atoms with Crippen molar-refractivity contribution >= 4 is 5.69 Å². The molecule has 3 rings (SSSR count). The van der Waals surface area contributed by atoms with Crippen LogP contribution in [0.5, 0.6) is 0 Å². The third-order valence-corrected chi connectivity index (χ3v) is 4.51. The van der Waals surface area contributed by atoms with Crippen molar-refractivity contribution in [2.75, 3.05) is 31.1 Å². The topological polar surface area (TPSA) is 32.5 Å². The first-order valence-electron chi connectivity index (χ1n) is 7.24. The summed E-state index contributed by atoms with van der Waals surface area (Å²) in [6, 6.07) is 7.75. The van der Waals surface area contributed by atoms with E-state index < -0.39 is 0 Å². The van der Waals surface area contributed by atoms with Gasteiger partial charge in [0.05, 0.1) is 0 Å². The predicted octanol–water partition coefficient (Wildman–Crippen LogP) is 1.83. The van der Waals surface area contributed by atoms with Crippen molar-refractivity contribution in [3.8, 4) is 0 Å². The lowest BCUT2D eigenvalue weighted by atomic mass is 10.1. The molecule has 1 heterocycles. The quantitative estimate of drug-likeness (QED) is 0.883. The number of hydrogen-bond acceptors (Lipinski definition) is 3. The highest BCUT2D eigenvalue weighted by Gasteiger charge is 2.31. The van der Waals surface area contributed by atoms with Gasteiger partial charge in [-0.3, -0.25) is 4.90 Å². The van der Waals surface area contributed by atoms with Crippen molar-refractivity contribution in [2.45, 2.75) is 31.3 Å². The van der Waals surface area contributed by atoms with Crippen molar-refractivity contribution in [1.29, 1.82) is 0 Å². The summed E-state index contributed by atoms with van der Waals surface area (Å²) in [5.74, 6) is -0.167. The smallest absolute Gasteiger partial charge is 0.123 e. The maximum Gasteiger partial charge on any atom is 0.123 e. The van der Waals surface area contributed by atoms with Gasteiger partial charge < -0.3 is 10.6 Å². The molecule has 1 aliphatic carbocycles. The Morgan fingerprint density at radius 2 is 1.68 bits per heavy atom. The number of benzene rings is 1. The first-order valence-corrected chi connectivity index (χ1v) is 7.24. The number of anilines is 1. The zero-order chi connectivity index (χ0) is 13.2. The van der Waals surface area contributed by atoms with Crippen molar-refractivity contribution in [3.63, 3.8) is 0 Å². The number of nitrogens with zero attached hydrogens (tertiary/aromatic N) is 2. The molecule has 1 aliphatic heterocycles. The molecule has 2 unspecified atom stereocenters. The number of hydrogen-bond donors (Lipinski definition) is 1. The first-order chi connectivity index (χ1) is 9.24. The van der Waals surface area contributed by atoms with Gasteiger partial charge in [-0.25, -0.2) is 4.39 Å². The first kappa shape index (κ1) is 12.9. The Morgan fingerprint density at radius 3 is 2.26 bits per heavy atom. The number of rotatable bonds is 2. The minimum Gasteiger partial charge on any atom is -0.369 e. The van der Waals surface area contributed by atoms with Crippen LogP contribution < -0.4 is 10.6 Å². The van der Waals surface area contributed by atoms with Crippen LogP contribution >= 0.6 is 0 Å². The van der Waals surface area contributed by atoms with E-state index in [1.807, 2.05) is 12.1 Å². The highest BCUT2D eigenvalue weighted by molar-refractivity contribution is 5.46. The van der Waals surface area contributed by atoms with Gasteiger partial charge in [-0.1, -0.05) is 6.42 Å². The summed E-state index contributed by atoms with van der Waals surface area (Å²) in [7, 11) is 0. The second-order valence-electron chi connectivity index (χ2n) is 5.66. The maximum atomic E-state index is 12.9.